The van der Waals surface area contributed by atoms with Gasteiger partial charge in [-0.3, -0.25) is 0 Å². The molecular weight excluding hydrogens is 133 g/mol. The maximum absolute atomic E-state index is 11.2. The Morgan fingerprint density at radius 3 is 2.33 bits per heavy atom. The molecule has 0 aliphatic heterocycles. The molecule has 0 atom stereocenters. The third kappa shape index (κ3) is 7.75. The van der Waals surface area contributed by atoms with Gasteiger partial charge in [0.05, 0.1) is 6.61 Å². The largest absolute Gasteiger partial charge is 0.411 e. The van der Waals surface area contributed by atoms with Gasteiger partial charge in [-0.05, 0) is 6.42 Å². The van der Waals surface area contributed by atoms with Crippen LogP contribution in [-0.4, -0.2) is 12.8 Å². The predicted octanol–water partition coefficient (Wildman–Crippen LogP) is 2.14. The summed E-state index contributed by atoms with van der Waals surface area (Å²) in [5.74, 6) is 0. The molecule has 4 heteroatoms. The summed E-state index contributed by atoms with van der Waals surface area (Å²) in [5.41, 5.74) is 0. The standard InChI is InChI=1S/C5H8F3O/c1-2-3-9-4-5(6,7)8/h3H,2,4H2,1H3. The Kier molecular flexibility index (Phi) is 3.61. The van der Waals surface area contributed by atoms with E-state index in [1.807, 2.05) is 0 Å². The van der Waals surface area contributed by atoms with Crippen LogP contribution in [0.2, 0.25) is 0 Å². The quantitative estimate of drug-likeness (QED) is 0.547. The molecule has 0 bridgehead atoms. The SMILES string of the molecule is CC[CH]OCC(F)(F)F. The van der Waals surface area contributed by atoms with Gasteiger partial charge in [-0.25, -0.2) is 0 Å². The van der Waals surface area contributed by atoms with Crippen molar-refractivity contribution >= 4 is 0 Å². The summed E-state index contributed by atoms with van der Waals surface area (Å²) in [6.45, 7) is 1.66. The lowest BCUT2D eigenvalue weighted by Crippen LogP contribution is -2.15. The Bertz CT molecular complexity index is 69.1. The lowest BCUT2D eigenvalue weighted by atomic mass is 10.5. The molecule has 0 N–H and O–H groups in total. The molecule has 0 heterocycles. The fraction of sp³-hybridized carbons (Fsp3) is 0.800. The molecule has 1 nitrogen and oxygen atoms in total. The van der Waals surface area contributed by atoms with Gasteiger partial charge < -0.3 is 4.74 Å². The van der Waals surface area contributed by atoms with Crippen molar-refractivity contribution in [2.24, 2.45) is 0 Å². The van der Waals surface area contributed by atoms with Crippen molar-refractivity contribution in [3.8, 4) is 0 Å². The van der Waals surface area contributed by atoms with Crippen LogP contribution in [0.15, 0.2) is 0 Å². The second-order valence-electron chi connectivity index (χ2n) is 1.50. The third-order valence-corrected chi connectivity index (χ3v) is 0.532. The highest BCUT2D eigenvalue weighted by atomic mass is 19.4. The zero-order valence-electron chi connectivity index (χ0n) is 5.03. The molecule has 0 spiro atoms. The Balaban J connectivity index is 3.07. The van der Waals surface area contributed by atoms with Gasteiger partial charge in [0.25, 0.3) is 0 Å². The van der Waals surface area contributed by atoms with Gasteiger partial charge in [0.2, 0.25) is 0 Å². The summed E-state index contributed by atoms with van der Waals surface area (Å²) >= 11 is 0. The van der Waals surface area contributed by atoms with Crippen molar-refractivity contribution in [3.05, 3.63) is 6.61 Å². The minimum absolute atomic E-state index is 0.496. The molecule has 9 heavy (non-hydrogen) atoms. The zero-order valence-corrected chi connectivity index (χ0v) is 5.03. The number of alkyl halides is 3. The minimum atomic E-state index is -4.20. The summed E-state index contributed by atoms with van der Waals surface area (Å²) in [6.07, 6.45) is -3.71. The minimum Gasteiger partial charge on any atom is -0.366 e. The fourth-order valence-electron chi connectivity index (χ4n) is 0.271. The van der Waals surface area contributed by atoms with Gasteiger partial charge >= 0.3 is 6.18 Å². The molecule has 0 fully saturated rings. The summed E-state index contributed by atoms with van der Waals surface area (Å²) in [5, 5.41) is 0. The zero-order chi connectivity index (χ0) is 7.33. The molecule has 55 valence electrons. The topological polar surface area (TPSA) is 9.23 Å². The van der Waals surface area contributed by atoms with E-state index < -0.39 is 12.8 Å². The highest BCUT2D eigenvalue weighted by molar-refractivity contribution is 4.50. The summed E-state index contributed by atoms with van der Waals surface area (Å²) < 4.78 is 37.8. The van der Waals surface area contributed by atoms with E-state index in [2.05, 4.69) is 4.74 Å². The first kappa shape index (κ1) is 8.75. The van der Waals surface area contributed by atoms with Crippen LogP contribution in [0.1, 0.15) is 13.3 Å². The number of rotatable bonds is 3. The average Bonchev–Trinajstić information content (AvgIpc) is 1.63. The molecule has 0 aliphatic rings. The molecule has 0 aromatic heterocycles. The van der Waals surface area contributed by atoms with Crippen LogP contribution in [-0.2, 0) is 4.74 Å². The van der Waals surface area contributed by atoms with E-state index in [9.17, 15) is 13.2 Å². The molecule has 0 saturated carbocycles. The lowest BCUT2D eigenvalue weighted by molar-refractivity contribution is -0.166. The van der Waals surface area contributed by atoms with E-state index in [0.29, 0.717) is 6.42 Å². The van der Waals surface area contributed by atoms with Crippen LogP contribution in [0.3, 0.4) is 0 Å². The van der Waals surface area contributed by atoms with Crippen LogP contribution in [0.4, 0.5) is 13.2 Å². The summed E-state index contributed by atoms with van der Waals surface area (Å²) in [4.78, 5) is 0. The maximum Gasteiger partial charge on any atom is 0.411 e. The van der Waals surface area contributed by atoms with Gasteiger partial charge in [0, 0.05) is 0 Å². The number of halogens is 3. The molecular formula is C5H8F3O. The van der Waals surface area contributed by atoms with Crippen LogP contribution in [0.25, 0.3) is 0 Å². The van der Waals surface area contributed by atoms with Crippen molar-refractivity contribution in [2.75, 3.05) is 6.61 Å². The molecule has 0 aromatic carbocycles. The first-order valence-electron chi connectivity index (χ1n) is 2.56. The predicted molar refractivity (Wildman–Crippen MR) is 26.6 cm³/mol. The van der Waals surface area contributed by atoms with E-state index >= 15 is 0 Å². The van der Waals surface area contributed by atoms with Gasteiger partial charge in [0.15, 0.2) is 0 Å². The second-order valence-corrected chi connectivity index (χ2v) is 1.50. The smallest absolute Gasteiger partial charge is 0.366 e. The Morgan fingerprint density at radius 2 is 2.00 bits per heavy atom. The molecule has 1 radical (unpaired) electrons. The number of ether oxygens (including phenoxy) is 1. The monoisotopic (exact) mass is 141 g/mol. The fourth-order valence-corrected chi connectivity index (χ4v) is 0.271. The van der Waals surface area contributed by atoms with E-state index in [4.69, 9.17) is 0 Å². The Hall–Kier alpha value is -0.250. The molecule has 0 amide bonds. The van der Waals surface area contributed by atoms with Crippen molar-refractivity contribution in [3.63, 3.8) is 0 Å². The highest BCUT2D eigenvalue weighted by Gasteiger charge is 2.26. The Labute approximate surface area is 51.8 Å². The van der Waals surface area contributed by atoms with Crippen LogP contribution in [0, 0.1) is 6.61 Å². The van der Waals surface area contributed by atoms with E-state index in [1.165, 1.54) is 0 Å². The van der Waals surface area contributed by atoms with Crippen molar-refractivity contribution in [1.82, 2.24) is 0 Å². The molecule has 0 unspecified atom stereocenters. The van der Waals surface area contributed by atoms with Crippen molar-refractivity contribution in [2.45, 2.75) is 19.5 Å². The van der Waals surface area contributed by atoms with Crippen LogP contribution < -0.4 is 0 Å². The summed E-state index contributed by atoms with van der Waals surface area (Å²) in [6, 6.07) is 0. The average molecular weight is 141 g/mol. The van der Waals surface area contributed by atoms with E-state index in [0.717, 1.165) is 6.61 Å². The molecule has 0 aromatic rings. The number of hydrogen-bond donors (Lipinski definition) is 0. The third-order valence-electron chi connectivity index (χ3n) is 0.532. The lowest BCUT2D eigenvalue weighted by Gasteiger charge is -2.04. The van der Waals surface area contributed by atoms with Crippen LogP contribution >= 0.6 is 0 Å². The normalized spacial score (nSPS) is 12.0. The van der Waals surface area contributed by atoms with Crippen molar-refractivity contribution in [1.29, 1.82) is 0 Å². The van der Waals surface area contributed by atoms with Gasteiger partial charge in [0.1, 0.15) is 6.61 Å². The van der Waals surface area contributed by atoms with Gasteiger partial charge in [-0.15, -0.1) is 0 Å². The second kappa shape index (κ2) is 3.71. The first-order valence-corrected chi connectivity index (χ1v) is 2.56. The van der Waals surface area contributed by atoms with E-state index in [1.54, 1.807) is 6.92 Å². The van der Waals surface area contributed by atoms with E-state index in [-0.39, 0.29) is 0 Å². The highest BCUT2D eigenvalue weighted by Crippen LogP contribution is 2.14. The number of hydrogen-bond acceptors (Lipinski definition) is 1. The Morgan fingerprint density at radius 1 is 1.44 bits per heavy atom. The van der Waals surface area contributed by atoms with Crippen LogP contribution in [0.5, 0.6) is 0 Å². The maximum atomic E-state index is 11.2. The first-order chi connectivity index (χ1) is 4.06. The molecule has 0 aliphatic carbocycles. The van der Waals surface area contributed by atoms with Gasteiger partial charge in [-0.2, -0.15) is 13.2 Å². The van der Waals surface area contributed by atoms with Crippen molar-refractivity contribution < 1.29 is 17.9 Å². The molecule has 0 saturated heterocycles. The molecule has 0 rings (SSSR count). The van der Waals surface area contributed by atoms with Gasteiger partial charge in [-0.1, -0.05) is 6.92 Å². The summed E-state index contributed by atoms with van der Waals surface area (Å²) in [7, 11) is 0.